The molecule has 0 fully saturated rings. The Morgan fingerprint density at radius 2 is 2.15 bits per heavy atom. The summed E-state index contributed by atoms with van der Waals surface area (Å²) in [5, 5.41) is 1.22. The highest BCUT2D eigenvalue weighted by molar-refractivity contribution is 8.13. The fraction of sp³-hybridized carbons (Fsp3) is 0.368. The van der Waals surface area contributed by atoms with Crippen LogP contribution >= 0.6 is 23.5 Å². The number of nitrogens with zero attached hydrogens (tertiary/aromatic N) is 3. The van der Waals surface area contributed by atoms with Crippen LogP contribution in [-0.2, 0) is 12.0 Å². The van der Waals surface area contributed by atoms with E-state index in [4.69, 9.17) is 5.73 Å². The summed E-state index contributed by atoms with van der Waals surface area (Å²) in [6, 6.07) is 4.72. The van der Waals surface area contributed by atoms with Gasteiger partial charge in [-0.25, -0.2) is 14.4 Å². The molecule has 0 aliphatic carbocycles. The number of halogens is 1. The molecular formula is C19H23FN4OS2. The minimum atomic E-state index is -0.710. The molecule has 2 heterocycles. The molecule has 144 valence electrons. The fourth-order valence-corrected chi connectivity index (χ4v) is 4.11. The van der Waals surface area contributed by atoms with Gasteiger partial charge in [-0.15, -0.1) is 11.8 Å². The monoisotopic (exact) mass is 406 g/mol. The normalized spacial score (nSPS) is 19.1. The van der Waals surface area contributed by atoms with Crippen molar-refractivity contribution in [1.29, 1.82) is 0 Å². The van der Waals surface area contributed by atoms with Gasteiger partial charge in [-0.1, -0.05) is 25.3 Å². The van der Waals surface area contributed by atoms with Gasteiger partial charge in [0, 0.05) is 17.7 Å². The van der Waals surface area contributed by atoms with Gasteiger partial charge in [0.25, 0.3) is 0 Å². The first-order valence-electron chi connectivity index (χ1n) is 8.07. The average Bonchev–Trinajstić information content (AvgIpc) is 2.63. The van der Waals surface area contributed by atoms with Gasteiger partial charge in [-0.05, 0) is 37.3 Å². The third-order valence-corrected chi connectivity index (χ3v) is 5.72. The third-order valence-electron chi connectivity index (χ3n) is 4.29. The molecule has 0 spiro atoms. The van der Waals surface area contributed by atoms with Gasteiger partial charge in [0.1, 0.15) is 16.5 Å². The molecule has 2 N–H and O–H groups in total. The predicted molar refractivity (Wildman–Crippen MR) is 111 cm³/mol. The number of benzene rings is 1. The van der Waals surface area contributed by atoms with Crippen molar-refractivity contribution in [3.63, 3.8) is 0 Å². The van der Waals surface area contributed by atoms with Crippen LogP contribution in [0.4, 0.5) is 4.39 Å². The lowest BCUT2D eigenvalue weighted by Crippen LogP contribution is -2.29. The second-order valence-electron chi connectivity index (χ2n) is 6.18. The molecule has 3 rings (SSSR count). The van der Waals surface area contributed by atoms with Gasteiger partial charge in [0.05, 0.1) is 17.9 Å². The molecule has 1 aliphatic rings. The summed E-state index contributed by atoms with van der Waals surface area (Å²) < 4.78 is 14.4. The van der Waals surface area contributed by atoms with Crippen molar-refractivity contribution in [3.8, 4) is 0 Å². The lowest BCUT2D eigenvalue weighted by molar-refractivity contribution is 0.0987. The van der Waals surface area contributed by atoms with E-state index in [2.05, 4.69) is 15.0 Å². The summed E-state index contributed by atoms with van der Waals surface area (Å²) in [5.41, 5.74) is 6.61. The minimum Gasteiger partial charge on any atom is -0.379 e. The first-order valence-corrected chi connectivity index (χ1v) is 10.3. The Hall–Kier alpha value is -1.93. The molecule has 5 nitrogen and oxygen atoms in total. The molecule has 2 aromatic rings. The lowest BCUT2D eigenvalue weighted by atomic mass is 9.87. The van der Waals surface area contributed by atoms with Gasteiger partial charge in [-0.3, -0.25) is 9.79 Å². The number of hydrogen-bond donors (Lipinski definition) is 1. The molecular weight excluding hydrogens is 383 g/mol. The topological polar surface area (TPSA) is 81.2 Å². The molecule has 8 heteroatoms. The standard InChI is InChI=1S/C18H19FN4OS2.CH4/c1-18(5-6-26-17(20)23-18)12-7-11(3-4-13(12)19)8-15(24)14-9-22-16(25-2)10-21-14;/h3-4,7,9-10H,5-6,8H2,1-2H3,(H2,20,23);1H4/t18-;/m0./s1. The minimum absolute atomic E-state index is 0. The first kappa shape index (κ1) is 21.4. The van der Waals surface area contributed by atoms with Crippen molar-refractivity contribution in [2.45, 2.75) is 37.8 Å². The number of aromatic nitrogens is 2. The highest BCUT2D eigenvalue weighted by Crippen LogP contribution is 2.36. The molecule has 1 aromatic carbocycles. The van der Waals surface area contributed by atoms with E-state index in [0.717, 1.165) is 16.3 Å². The largest absolute Gasteiger partial charge is 0.379 e. The zero-order chi connectivity index (χ0) is 18.7. The van der Waals surface area contributed by atoms with E-state index < -0.39 is 5.54 Å². The smallest absolute Gasteiger partial charge is 0.187 e. The summed E-state index contributed by atoms with van der Waals surface area (Å²) in [5.74, 6) is 0.289. The Labute approximate surface area is 167 Å². The molecule has 0 bridgehead atoms. The van der Waals surface area contributed by atoms with Crippen LogP contribution < -0.4 is 5.73 Å². The van der Waals surface area contributed by atoms with Crippen molar-refractivity contribution < 1.29 is 9.18 Å². The van der Waals surface area contributed by atoms with Crippen LogP contribution in [0.15, 0.2) is 40.6 Å². The SMILES string of the molecule is C.CSc1cnc(C(=O)Cc2ccc(F)c([C@]3(C)CCSC(N)=N3)c2)cn1. The molecule has 0 saturated carbocycles. The Morgan fingerprint density at radius 3 is 2.78 bits per heavy atom. The Morgan fingerprint density at radius 1 is 1.37 bits per heavy atom. The fourth-order valence-electron chi connectivity index (χ4n) is 2.82. The number of amidine groups is 1. The molecule has 1 aromatic heterocycles. The van der Waals surface area contributed by atoms with E-state index in [1.807, 2.05) is 13.2 Å². The van der Waals surface area contributed by atoms with E-state index in [-0.39, 0.29) is 25.4 Å². The van der Waals surface area contributed by atoms with Crippen LogP contribution in [0.25, 0.3) is 0 Å². The zero-order valence-electron chi connectivity index (χ0n) is 14.5. The van der Waals surface area contributed by atoms with Gasteiger partial charge >= 0.3 is 0 Å². The predicted octanol–water partition coefficient (Wildman–Crippen LogP) is 4.07. The van der Waals surface area contributed by atoms with Crippen molar-refractivity contribution >= 4 is 34.5 Å². The third kappa shape index (κ3) is 4.87. The van der Waals surface area contributed by atoms with Crippen LogP contribution in [0.1, 0.15) is 42.4 Å². The van der Waals surface area contributed by atoms with Crippen LogP contribution in [0, 0.1) is 5.82 Å². The number of hydrogen-bond acceptors (Lipinski definition) is 7. The maximum atomic E-state index is 14.4. The summed E-state index contributed by atoms with van der Waals surface area (Å²) in [6.07, 6.45) is 5.76. The van der Waals surface area contributed by atoms with E-state index in [0.29, 0.717) is 22.8 Å². The Kier molecular flexibility index (Phi) is 7.00. The van der Waals surface area contributed by atoms with Gasteiger partial charge in [0.2, 0.25) is 0 Å². The molecule has 27 heavy (non-hydrogen) atoms. The number of aliphatic imine (C=N–C) groups is 1. The number of thioether (sulfide) groups is 2. The van der Waals surface area contributed by atoms with Gasteiger partial charge in [-0.2, -0.15) is 0 Å². The molecule has 0 amide bonds. The molecule has 1 aliphatic heterocycles. The summed E-state index contributed by atoms with van der Waals surface area (Å²) in [6.45, 7) is 1.87. The number of carbonyl (C=O) groups excluding carboxylic acids is 1. The number of nitrogens with two attached hydrogens (primary N) is 1. The highest BCUT2D eigenvalue weighted by Gasteiger charge is 2.32. The van der Waals surface area contributed by atoms with Crippen LogP contribution in [0.2, 0.25) is 0 Å². The van der Waals surface area contributed by atoms with Crippen LogP contribution in [0.5, 0.6) is 0 Å². The maximum absolute atomic E-state index is 14.4. The number of rotatable bonds is 5. The lowest BCUT2D eigenvalue weighted by Gasteiger charge is -2.30. The quantitative estimate of drug-likeness (QED) is 0.595. The van der Waals surface area contributed by atoms with E-state index in [9.17, 15) is 9.18 Å². The van der Waals surface area contributed by atoms with Crippen molar-refractivity contribution in [1.82, 2.24) is 9.97 Å². The van der Waals surface area contributed by atoms with E-state index >= 15 is 0 Å². The number of ketones is 1. The number of Topliss-reactive ketones (excluding diaryl/α,β-unsaturated/α-hetero) is 1. The van der Waals surface area contributed by atoms with Gasteiger partial charge < -0.3 is 5.73 Å². The summed E-state index contributed by atoms with van der Waals surface area (Å²) >= 11 is 2.93. The van der Waals surface area contributed by atoms with Crippen molar-refractivity contribution in [2.24, 2.45) is 10.7 Å². The highest BCUT2D eigenvalue weighted by atomic mass is 32.2. The van der Waals surface area contributed by atoms with E-state index in [1.54, 1.807) is 18.3 Å². The Bertz CT molecular complexity index is 857. The van der Waals surface area contributed by atoms with E-state index in [1.165, 1.54) is 35.8 Å². The molecule has 0 radical (unpaired) electrons. The molecule has 1 atom stereocenters. The van der Waals surface area contributed by atoms with Crippen molar-refractivity contribution in [2.75, 3.05) is 12.0 Å². The molecule has 0 saturated heterocycles. The van der Waals surface area contributed by atoms with Gasteiger partial charge in [0.15, 0.2) is 11.0 Å². The molecule has 0 unspecified atom stereocenters. The Balaban J connectivity index is 0.00000261. The maximum Gasteiger partial charge on any atom is 0.187 e. The second kappa shape index (κ2) is 8.84. The number of carbonyl (C=O) groups is 1. The zero-order valence-corrected chi connectivity index (χ0v) is 16.2. The van der Waals surface area contributed by atoms with Crippen LogP contribution in [0.3, 0.4) is 0 Å². The first-order chi connectivity index (χ1) is 12.4. The summed E-state index contributed by atoms with van der Waals surface area (Å²) in [4.78, 5) is 25.2. The second-order valence-corrected chi connectivity index (χ2v) is 8.12. The van der Waals surface area contributed by atoms with Crippen LogP contribution in [-0.4, -0.2) is 32.9 Å². The summed E-state index contributed by atoms with van der Waals surface area (Å²) in [7, 11) is 0. The van der Waals surface area contributed by atoms with Crippen molar-refractivity contribution in [3.05, 3.63) is 53.2 Å². The average molecular weight is 407 g/mol.